The van der Waals surface area contributed by atoms with Crippen LogP contribution in [0.5, 0.6) is 0 Å². The lowest BCUT2D eigenvalue weighted by molar-refractivity contribution is -0.136. The van der Waals surface area contributed by atoms with Gasteiger partial charge in [0.2, 0.25) is 5.91 Å². The van der Waals surface area contributed by atoms with Gasteiger partial charge in [-0.2, -0.15) is 0 Å². The molecule has 1 saturated heterocycles. The van der Waals surface area contributed by atoms with E-state index < -0.39 is 11.7 Å². The second kappa shape index (κ2) is 8.80. The van der Waals surface area contributed by atoms with Gasteiger partial charge >= 0.3 is 6.09 Å². The molecule has 27 heavy (non-hydrogen) atoms. The number of halogens is 2. The van der Waals surface area contributed by atoms with Crippen LogP contribution in [0.1, 0.15) is 39.3 Å². The average Bonchev–Trinajstić information content (AvgIpc) is 2.52. The van der Waals surface area contributed by atoms with Crippen LogP contribution in [-0.4, -0.2) is 60.2 Å². The molecular formula is C19H26BrClN2O4. The zero-order valence-electron chi connectivity index (χ0n) is 16.3. The average molecular weight is 462 g/mol. The summed E-state index contributed by atoms with van der Waals surface area (Å²) in [5, 5.41) is 0.561. The minimum atomic E-state index is -0.610. The van der Waals surface area contributed by atoms with Crippen molar-refractivity contribution in [2.24, 2.45) is 0 Å². The number of rotatable bonds is 3. The molecule has 0 saturated carbocycles. The lowest BCUT2D eigenvalue weighted by Gasteiger charge is -2.46. The van der Waals surface area contributed by atoms with Crippen LogP contribution in [0, 0.1) is 0 Å². The molecule has 6 nitrogen and oxygen atoms in total. The highest BCUT2D eigenvalue weighted by atomic mass is 79.9. The van der Waals surface area contributed by atoms with Gasteiger partial charge in [0, 0.05) is 36.6 Å². The van der Waals surface area contributed by atoms with Gasteiger partial charge < -0.3 is 14.4 Å². The van der Waals surface area contributed by atoms with Crippen LogP contribution in [0.3, 0.4) is 0 Å². The van der Waals surface area contributed by atoms with E-state index >= 15 is 0 Å². The minimum absolute atomic E-state index is 0.0685. The van der Waals surface area contributed by atoms with Crippen molar-refractivity contribution < 1.29 is 19.1 Å². The van der Waals surface area contributed by atoms with Crippen LogP contribution in [0.15, 0.2) is 22.7 Å². The number of carbonyl (C=O) groups excluding carboxylic acids is 2. The molecule has 0 N–H and O–H groups in total. The van der Waals surface area contributed by atoms with Gasteiger partial charge in [0.15, 0.2) is 0 Å². The molecule has 0 aliphatic carbocycles. The quantitative estimate of drug-likeness (QED) is 0.675. The standard InChI is InChI=1S/C19H26BrClN2O4/c1-12(24)22-9-16(11-26-5)23(18(25)27-19(2,3)4)10-17(22)13-6-14(20)8-15(21)7-13/h6-8,16-17H,9-11H2,1-5H3/t16-,17+/m1/s1. The van der Waals surface area contributed by atoms with Gasteiger partial charge in [-0.15, -0.1) is 0 Å². The van der Waals surface area contributed by atoms with E-state index in [1.165, 1.54) is 6.92 Å². The van der Waals surface area contributed by atoms with E-state index in [2.05, 4.69) is 15.9 Å². The first-order valence-corrected chi connectivity index (χ1v) is 9.90. The Kier molecular flexibility index (Phi) is 7.16. The van der Waals surface area contributed by atoms with Crippen LogP contribution >= 0.6 is 27.5 Å². The third-order valence-electron chi connectivity index (χ3n) is 4.26. The van der Waals surface area contributed by atoms with Gasteiger partial charge in [0.25, 0.3) is 0 Å². The summed E-state index contributed by atoms with van der Waals surface area (Å²) in [6.07, 6.45) is -0.418. The Morgan fingerprint density at radius 2 is 1.89 bits per heavy atom. The fourth-order valence-electron chi connectivity index (χ4n) is 3.17. The summed E-state index contributed by atoms with van der Waals surface area (Å²) in [5.74, 6) is -0.0685. The molecule has 1 aliphatic heterocycles. The topological polar surface area (TPSA) is 59.1 Å². The number of hydrogen-bond donors (Lipinski definition) is 0. The molecule has 2 amide bonds. The molecule has 0 aromatic heterocycles. The number of amides is 2. The van der Waals surface area contributed by atoms with Crippen LogP contribution < -0.4 is 0 Å². The van der Waals surface area contributed by atoms with Gasteiger partial charge in [0.05, 0.1) is 18.7 Å². The van der Waals surface area contributed by atoms with E-state index in [1.807, 2.05) is 32.9 Å². The number of hydrogen-bond acceptors (Lipinski definition) is 4. The van der Waals surface area contributed by atoms with Crippen molar-refractivity contribution in [1.82, 2.24) is 9.80 Å². The Labute approximate surface area is 173 Å². The Balaban J connectivity index is 2.39. The van der Waals surface area contributed by atoms with Crippen molar-refractivity contribution in [3.8, 4) is 0 Å². The van der Waals surface area contributed by atoms with E-state index in [9.17, 15) is 9.59 Å². The first kappa shape index (κ1) is 22.0. The Morgan fingerprint density at radius 3 is 2.41 bits per heavy atom. The predicted molar refractivity (Wildman–Crippen MR) is 108 cm³/mol. The Bertz CT molecular complexity index is 687. The molecule has 1 aliphatic rings. The third-order valence-corrected chi connectivity index (χ3v) is 4.93. The molecule has 0 unspecified atom stereocenters. The van der Waals surface area contributed by atoms with Crippen molar-refractivity contribution in [3.05, 3.63) is 33.3 Å². The monoisotopic (exact) mass is 460 g/mol. The number of carbonyl (C=O) groups is 2. The molecule has 1 aromatic rings. The number of nitrogens with zero attached hydrogens (tertiary/aromatic N) is 2. The maximum absolute atomic E-state index is 12.8. The summed E-state index contributed by atoms with van der Waals surface area (Å²) in [6.45, 7) is 7.98. The summed E-state index contributed by atoms with van der Waals surface area (Å²) < 4.78 is 11.7. The van der Waals surface area contributed by atoms with Crippen molar-refractivity contribution in [3.63, 3.8) is 0 Å². The van der Waals surface area contributed by atoms with Crippen LogP contribution in [0.2, 0.25) is 5.02 Å². The molecule has 0 radical (unpaired) electrons. The highest BCUT2D eigenvalue weighted by Gasteiger charge is 2.40. The minimum Gasteiger partial charge on any atom is -0.444 e. The zero-order valence-corrected chi connectivity index (χ0v) is 18.6. The fraction of sp³-hybridized carbons (Fsp3) is 0.579. The highest BCUT2D eigenvalue weighted by Crippen LogP contribution is 2.32. The second-order valence-corrected chi connectivity index (χ2v) is 8.98. The molecule has 1 fully saturated rings. The third kappa shape index (κ3) is 5.83. The van der Waals surface area contributed by atoms with Crippen LogP contribution in [0.4, 0.5) is 4.79 Å². The van der Waals surface area contributed by atoms with Crippen molar-refractivity contribution in [2.45, 2.75) is 45.4 Å². The Morgan fingerprint density at radius 1 is 1.22 bits per heavy atom. The van der Waals surface area contributed by atoms with E-state index in [4.69, 9.17) is 21.1 Å². The number of benzene rings is 1. The van der Waals surface area contributed by atoms with Gasteiger partial charge in [-0.25, -0.2) is 4.79 Å². The lowest BCUT2D eigenvalue weighted by atomic mass is 9.99. The van der Waals surface area contributed by atoms with E-state index in [0.29, 0.717) is 24.7 Å². The number of ether oxygens (including phenoxy) is 2. The SMILES string of the molecule is COC[C@H]1CN(C(C)=O)[C@H](c2cc(Cl)cc(Br)c2)CN1C(=O)OC(C)(C)C. The molecular weight excluding hydrogens is 436 g/mol. The van der Waals surface area contributed by atoms with Gasteiger partial charge in [-0.05, 0) is 44.5 Å². The number of piperazine rings is 1. The Hall–Kier alpha value is -1.31. The lowest BCUT2D eigenvalue weighted by Crippen LogP contribution is -2.59. The maximum Gasteiger partial charge on any atom is 0.410 e. The first-order valence-electron chi connectivity index (χ1n) is 8.73. The van der Waals surface area contributed by atoms with Crippen LogP contribution in [0.25, 0.3) is 0 Å². The molecule has 2 rings (SSSR count). The predicted octanol–water partition coefficient (Wildman–Crippen LogP) is 4.26. The highest BCUT2D eigenvalue weighted by molar-refractivity contribution is 9.10. The van der Waals surface area contributed by atoms with Crippen LogP contribution in [-0.2, 0) is 14.3 Å². The van der Waals surface area contributed by atoms with Crippen molar-refractivity contribution in [1.29, 1.82) is 0 Å². The first-order chi connectivity index (χ1) is 12.5. The van der Waals surface area contributed by atoms with E-state index in [1.54, 1.807) is 23.0 Å². The van der Waals surface area contributed by atoms with E-state index in [0.717, 1.165) is 10.0 Å². The summed E-state index contributed by atoms with van der Waals surface area (Å²) >= 11 is 9.65. The summed E-state index contributed by atoms with van der Waals surface area (Å²) in [6, 6.07) is 4.91. The van der Waals surface area contributed by atoms with E-state index in [-0.39, 0.29) is 18.0 Å². The van der Waals surface area contributed by atoms with Gasteiger partial charge in [-0.3, -0.25) is 9.69 Å². The molecule has 0 spiro atoms. The summed E-state index contributed by atoms with van der Waals surface area (Å²) in [5.41, 5.74) is 0.245. The number of methoxy groups -OCH3 is 1. The molecule has 0 bridgehead atoms. The molecule has 8 heteroatoms. The van der Waals surface area contributed by atoms with Crippen molar-refractivity contribution in [2.75, 3.05) is 26.8 Å². The van der Waals surface area contributed by atoms with Crippen molar-refractivity contribution >= 4 is 39.5 Å². The molecule has 150 valence electrons. The zero-order chi connectivity index (χ0) is 20.4. The second-order valence-electron chi connectivity index (χ2n) is 7.63. The largest absolute Gasteiger partial charge is 0.444 e. The van der Waals surface area contributed by atoms with Gasteiger partial charge in [-0.1, -0.05) is 27.5 Å². The summed E-state index contributed by atoms with van der Waals surface area (Å²) in [7, 11) is 1.57. The smallest absolute Gasteiger partial charge is 0.410 e. The normalized spacial score (nSPS) is 20.6. The molecule has 1 aromatic carbocycles. The maximum atomic E-state index is 12.8. The fourth-order valence-corrected chi connectivity index (χ4v) is 4.05. The van der Waals surface area contributed by atoms with Gasteiger partial charge in [0.1, 0.15) is 5.60 Å². The molecule has 1 heterocycles. The summed E-state index contributed by atoms with van der Waals surface area (Å²) in [4.78, 5) is 28.5. The molecule has 2 atom stereocenters.